The van der Waals surface area contributed by atoms with Gasteiger partial charge in [-0.25, -0.2) is 8.42 Å². The Hall–Kier alpha value is -1.34. The van der Waals surface area contributed by atoms with Gasteiger partial charge in [0.2, 0.25) is 0 Å². The summed E-state index contributed by atoms with van der Waals surface area (Å²) in [4.78, 5) is 0.244. The normalized spacial score (nSPS) is 11.8. The first-order chi connectivity index (χ1) is 9.33. The molecule has 108 valence electrons. The summed E-state index contributed by atoms with van der Waals surface area (Å²) < 4.78 is 27.2. The van der Waals surface area contributed by atoms with E-state index in [0.29, 0.717) is 22.4 Å². The second kappa shape index (κ2) is 5.57. The third-order valence-electron chi connectivity index (χ3n) is 2.91. The van der Waals surface area contributed by atoms with Crippen LogP contribution in [-0.4, -0.2) is 18.2 Å². The van der Waals surface area contributed by atoms with E-state index >= 15 is 0 Å². The van der Waals surface area contributed by atoms with Crippen LogP contribution in [0.4, 0.5) is 5.69 Å². The predicted molar refractivity (Wildman–Crippen MR) is 82.1 cm³/mol. The van der Waals surface area contributed by atoms with Crippen molar-refractivity contribution in [3.05, 3.63) is 40.1 Å². The predicted octanol–water partition coefficient (Wildman–Crippen LogP) is 2.53. The Morgan fingerprint density at radius 3 is 2.65 bits per heavy atom. The molecule has 2 N–H and O–H groups in total. The summed E-state index contributed by atoms with van der Waals surface area (Å²) in [6.07, 6.45) is 0. The maximum atomic E-state index is 12.5. The van der Waals surface area contributed by atoms with Crippen molar-refractivity contribution in [3.8, 4) is 0 Å². The third-order valence-corrected chi connectivity index (χ3v) is 5.53. The van der Waals surface area contributed by atoms with Crippen molar-refractivity contribution in [2.75, 3.05) is 5.73 Å². The van der Waals surface area contributed by atoms with Crippen LogP contribution < -0.4 is 5.73 Å². The van der Waals surface area contributed by atoms with Gasteiger partial charge in [-0.2, -0.15) is 5.10 Å². The quantitative estimate of drug-likeness (QED) is 0.852. The van der Waals surface area contributed by atoms with Gasteiger partial charge in [0, 0.05) is 16.7 Å². The van der Waals surface area contributed by atoms with Crippen LogP contribution in [-0.2, 0) is 22.1 Å². The molecular weight excluding hydrogens is 342 g/mol. The zero-order valence-corrected chi connectivity index (χ0v) is 13.7. The van der Waals surface area contributed by atoms with Gasteiger partial charge >= 0.3 is 0 Å². The second-order valence-corrected chi connectivity index (χ2v) is 7.35. The topological polar surface area (TPSA) is 78.0 Å². The largest absolute Gasteiger partial charge is 0.399 e. The molecule has 0 fully saturated rings. The number of aromatic nitrogens is 2. The minimum Gasteiger partial charge on any atom is -0.399 e. The summed E-state index contributed by atoms with van der Waals surface area (Å²) in [6.45, 7) is 4.42. The van der Waals surface area contributed by atoms with E-state index in [4.69, 9.17) is 5.73 Å². The Balaban J connectivity index is 2.40. The van der Waals surface area contributed by atoms with Crippen molar-refractivity contribution in [1.29, 1.82) is 0 Å². The van der Waals surface area contributed by atoms with Gasteiger partial charge in [-0.1, -0.05) is 0 Å². The molecule has 0 radical (unpaired) electrons. The second-order valence-electron chi connectivity index (χ2n) is 4.54. The molecule has 0 amide bonds. The van der Waals surface area contributed by atoms with Gasteiger partial charge in [-0.05, 0) is 54.0 Å². The lowest BCUT2D eigenvalue weighted by Gasteiger charge is -2.08. The molecule has 1 aromatic carbocycles. The van der Waals surface area contributed by atoms with Crippen LogP contribution in [0.5, 0.6) is 0 Å². The number of nitrogen functional groups attached to an aromatic ring is 1. The number of hydrogen-bond donors (Lipinski definition) is 1. The lowest BCUT2D eigenvalue weighted by atomic mass is 10.3. The number of sulfone groups is 1. The molecular formula is C13H16BrN3O2S. The Labute approximate surface area is 126 Å². The lowest BCUT2D eigenvalue weighted by molar-refractivity contribution is 0.585. The van der Waals surface area contributed by atoms with Gasteiger partial charge in [0.05, 0.1) is 22.0 Å². The van der Waals surface area contributed by atoms with Crippen LogP contribution in [0.3, 0.4) is 0 Å². The Morgan fingerprint density at radius 2 is 2.05 bits per heavy atom. The molecule has 0 saturated carbocycles. The van der Waals surface area contributed by atoms with Crippen LogP contribution in [0, 0.1) is 6.92 Å². The van der Waals surface area contributed by atoms with E-state index in [9.17, 15) is 8.42 Å². The lowest BCUT2D eigenvalue weighted by Crippen LogP contribution is -2.11. The molecule has 0 unspecified atom stereocenters. The molecule has 0 aliphatic carbocycles. The van der Waals surface area contributed by atoms with Crippen molar-refractivity contribution >= 4 is 31.5 Å². The molecule has 2 rings (SSSR count). The maximum absolute atomic E-state index is 12.5. The summed E-state index contributed by atoms with van der Waals surface area (Å²) in [5.41, 5.74) is 7.65. The van der Waals surface area contributed by atoms with Crippen molar-refractivity contribution in [3.63, 3.8) is 0 Å². The number of nitrogens with two attached hydrogens (primary N) is 1. The summed E-state index contributed by atoms with van der Waals surface area (Å²) in [5, 5.41) is 4.26. The fourth-order valence-corrected chi connectivity index (χ4v) is 4.58. The maximum Gasteiger partial charge on any atom is 0.185 e. The average Bonchev–Trinajstić information content (AvgIpc) is 2.67. The number of halogens is 1. The van der Waals surface area contributed by atoms with E-state index in [0.717, 1.165) is 5.69 Å². The highest BCUT2D eigenvalue weighted by Gasteiger charge is 2.21. The van der Waals surface area contributed by atoms with E-state index in [2.05, 4.69) is 21.0 Å². The number of anilines is 1. The zero-order chi connectivity index (χ0) is 14.9. The van der Waals surface area contributed by atoms with Crippen LogP contribution >= 0.6 is 15.9 Å². The SMILES string of the molecule is CCn1nc(C)cc1CS(=O)(=O)c1ccc(N)cc1Br. The molecule has 0 saturated heterocycles. The fourth-order valence-electron chi connectivity index (χ4n) is 2.03. The van der Waals surface area contributed by atoms with Crippen LogP contribution in [0.15, 0.2) is 33.6 Å². The summed E-state index contributed by atoms with van der Waals surface area (Å²) in [6, 6.07) is 6.50. The minimum atomic E-state index is -3.44. The van der Waals surface area contributed by atoms with E-state index < -0.39 is 9.84 Å². The molecule has 0 bridgehead atoms. The summed E-state index contributed by atoms with van der Waals surface area (Å²) in [7, 11) is -3.44. The summed E-state index contributed by atoms with van der Waals surface area (Å²) >= 11 is 3.26. The van der Waals surface area contributed by atoms with E-state index in [1.807, 2.05) is 13.8 Å². The molecule has 0 atom stereocenters. The first kappa shape index (κ1) is 15.1. The van der Waals surface area contributed by atoms with E-state index in [1.54, 1.807) is 22.9 Å². The Morgan fingerprint density at radius 1 is 1.35 bits per heavy atom. The Bertz CT molecular complexity index is 738. The molecule has 0 spiro atoms. The van der Waals surface area contributed by atoms with Gasteiger partial charge in [0.1, 0.15) is 0 Å². The standard InChI is InChI=1S/C13H16BrN3O2S/c1-3-17-11(6-9(2)16-17)8-20(18,19)13-5-4-10(15)7-12(13)14/h4-7H,3,8,15H2,1-2H3. The highest BCUT2D eigenvalue weighted by molar-refractivity contribution is 9.10. The highest BCUT2D eigenvalue weighted by Crippen LogP contribution is 2.27. The average molecular weight is 358 g/mol. The molecule has 2 aromatic rings. The van der Waals surface area contributed by atoms with Gasteiger partial charge < -0.3 is 5.73 Å². The van der Waals surface area contributed by atoms with Crippen molar-refractivity contribution < 1.29 is 8.42 Å². The fraction of sp³-hybridized carbons (Fsp3) is 0.308. The van der Waals surface area contributed by atoms with Crippen LogP contribution in [0.2, 0.25) is 0 Å². The van der Waals surface area contributed by atoms with Gasteiger partial charge in [0.25, 0.3) is 0 Å². The van der Waals surface area contributed by atoms with Gasteiger partial charge in [-0.3, -0.25) is 4.68 Å². The molecule has 20 heavy (non-hydrogen) atoms. The highest BCUT2D eigenvalue weighted by atomic mass is 79.9. The van der Waals surface area contributed by atoms with E-state index in [1.165, 1.54) is 6.07 Å². The monoisotopic (exact) mass is 357 g/mol. The summed E-state index contributed by atoms with van der Waals surface area (Å²) in [5.74, 6) is -0.0792. The number of hydrogen-bond acceptors (Lipinski definition) is 4. The molecule has 0 aliphatic heterocycles. The van der Waals surface area contributed by atoms with Crippen molar-refractivity contribution in [2.24, 2.45) is 0 Å². The number of aryl methyl sites for hydroxylation is 2. The molecule has 7 heteroatoms. The van der Waals surface area contributed by atoms with Crippen molar-refractivity contribution in [2.45, 2.75) is 31.0 Å². The zero-order valence-electron chi connectivity index (χ0n) is 11.3. The van der Waals surface area contributed by atoms with Gasteiger partial charge in [0.15, 0.2) is 9.84 Å². The first-order valence-corrected chi connectivity index (χ1v) is 8.59. The first-order valence-electron chi connectivity index (χ1n) is 6.14. The molecule has 0 aliphatic rings. The van der Waals surface area contributed by atoms with Crippen LogP contribution in [0.25, 0.3) is 0 Å². The molecule has 1 heterocycles. The van der Waals surface area contributed by atoms with Gasteiger partial charge in [-0.15, -0.1) is 0 Å². The van der Waals surface area contributed by atoms with Crippen LogP contribution in [0.1, 0.15) is 18.3 Å². The smallest absolute Gasteiger partial charge is 0.185 e. The molecule has 5 nitrogen and oxygen atoms in total. The number of nitrogens with zero attached hydrogens (tertiary/aromatic N) is 2. The van der Waals surface area contributed by atoms with Crippen molar-refractivity contribution in [1.82, 2.24) is 9.78 Å². The number of rotatable bonds is 4. The molecule has 1 aromatic heterocycles. The number of benzene rings is 1. The Kier molecular flexibility index (Phi) is 4.19. The third kappa shape index (κ3) is 3.04. The van der Waals surface area contributed by atoms with E-state index in [-0.39, 0.29) is 10.6 Å². The minimum absolute atomic E-state index is 0.0792.